The van der Waals surface area contributed by atoms with Gasteiger partial charge in [0.15, 0.2) is 5.78 Å². The molecule has 2 nitrogen and oxygen atoms in total. The Labute approximate surface area is 114 Å². The zero-order valence-electron chi connectivity index (χ0n) is 10.3. The van der Waals surface area contributed by atoms with Gasteiger partial charge in [0.25, 0.3) is 0 Å². The van der Waals surface area contributed by atoms with Gasteiger partial charge in [-0.25, -0.2) is 4.39 Å². The number of hydrogen-bond acceptors (Lipinski definition) is 2. The summed E-state index contributed by atoms with van der Waals surface area (Å²) in [6, 6.07) is 4.90. The van der Waals surface area contributed by atoms with Gasteiger partial charge in [-0.15, -0.1) is 0 Å². The van der Waals surface area contributed by atoms with Crippen LogP contribution in [0.1, 0.15) is 5.56 Å². The van der Waals surface area contributed by atoms with E-state index in [2.05, 4.69) is 4.74 Å². The van der Waals surface area contributed by atoms with Crippen LogP contribution < -0.4 is 0 Å². The van der Waals surface area contributed by atoms with Gasteiger partial charge in [0, 0.05) is 6.42 Å². The summed E-state index contributed by atoms with van der Waals surface area (Å²) in [6.07, 6.45) is -16.1. The molecule has 0 saturated carbocycles. The highest BCUT2D eigenvalue weighted by molar-refractivity contribution is 5.82. The summed E-state index contributed by atoms with van der Waals surface area (Å²) in [5.74, 6) is -1.88. The van der Waals surface area contributed by atoms with Gasteiger partial charge in [0.05, 0.1) is 0 Å². The third-order valence-corrected chi connectivity index (χ3v) is 2.35. The maximum Gasteiger partial charge on any atom is 0.423 e. The average molecular weight is 318 g/mol. The topological polar surface area (TPSA) is 26.3 Å². The van der Waals surface area contributed by atoms with E-state index in [4.69, 9.17) is 0 Å². The number of alkyl halides is 6. The molecule has 1 aromatic rings. The van der Waals surface area contributed by atoms with Gasteiger partial charge in [-0.2, -0.15) is 26.3 Å². The minimum Gasteiger partial charge on any atom is -0.353 e. The highest BCUT2D eigenvalue weighted by Gasteiger charge is 2.58. The quantitative estimate of drug-likeness (QED) is 0.777. The second-order valence-electron chi connectivity index (χ2n) is 4.08. The minimum atomic E-state index is -5.68. The molecule has 9 heteroatoms. The zero-order chi connectivity index (χ0) is 16.3. The van der Waals surface area contributed by atoms with E-state index in [1.807, 2.05) is 0 Å². The van der Waals surface area contributed by atoms with Crippen molar-refractivity contribution in [2.75, 3.05) is 6.61 Å². The predicted octanol–water partition coefficient (Wildman–Crippen LogP) is 3.45. The summed E-state index contributed by atoms with van der Waals surface area (Å²) in [7, 11) is 0. The predicted molar refractivity (Wildman–Crippen MR) is 57.0 cm³/mol. The van der Waals surface area contributed by atoms with Gasteiger partial charge < -0.3 is 4.74 Å². The third kappa shape index (κ3) is 5.33. The van der Waals surface area contributed by atoms with Crippen LogP contribution in [0.25, 0.3) is 0 Å². The van der Waals surface area contributed by atoms with E-state index < -0.39 is 43.1 Å². The first-order valence-electron chi connectivity index (χ1n) is 5.52. The van der Waals surface area contributed by atoms with Crippen molar-refractivity contribution in [1.82, 2.24) is 0 Å². The number of hydrogen-bond donors (Lipinski definition) is 0. The molecular formula is C12H9F7O2. The van der Waals surface area contributed by atoms with Gasteiger partial charge >= 0.3 is 12.4 Å². The SMILES string of the molecule is O=C(COC(C(F)(F)F)C(F)(F)F)Cc1ccccc1F. The highest BCUT2D eigenvalue weighted by Crippen LogP contribution is 2.35. The fourth-order valence-corrected chi connectivity index (χ4v) is 1.46. The highest BCUT2D eigenvalue weighted by atomic mass is 19.4. The molecule has 0 radical (unpaired) electrons. The van der Waals surface area contributed by atoms with E-state index in [1.54, 1.807) is 0 Å². The van der Waals surface area contributed by atoms with Crippen LogP contribution in [0.2, 0.25) is 0 Å². The molecule has 0 aliphatic carbocycles. The molecule has 1 rings (SSSR count). The molecule has 1 aromatic carbocycles. The Morgan fingerprint density at radius 1 is 1.05 bits per heavy atom. The van der Waals surface area contributed by atoms with E-state index in [1.165, 1.54) is 18.2 Å². The average Bonchev–Trinajstić information content (AvgIpc) is 2.28. The largest absolute Gasteiger partial charge is 0.423 e. The number of ketones is 1. The van der Waals surface area contributed by atoms with Crippen molar-refractivity contribution in [3.8, 4) is 0 Å². The first-order chi connectivity index (χ1) is 9.51. The van der Waals surface area contributed by atoms with Crippen molar-refractivity contribution in [2.45, 2.75) is 24.9 Å². The van der Waals surface area contributed by atoms with Crippen LogP contribution >= 0.6 is 0 Å². The lowest BCUT2D eigenvalue weighted by molar-refractivity contribution is -0.319. The first-order valence-corrected chi connectivity index (χ1v) is 5.52. The Morgan fingerprint density at radius 2 is 1.57 bits per heavy atom. The molecule has 0 saturated heterocycles. The molecule has 0 fully saturated rings. The Morgan fingerprint density at radius 3 is 2.05 bits per heavy atom. The van der Waals surface area contributed by atoms with Crippen LogP contribution in [0.15, 0.2) is 24.3 Å². The van der Waals surface area contributed by atoms with E-state index in [9.17, 15) is 35.5 Å². The number of carbonyl (C=O) groups excluding carboxylic acids is 1. The lowest BCUT2D eigenvalue weighted by Gasteiger charge is -2.22. The van der Waals surface area contributed by atoms with Crippen molar-refractivity contribution in [1.29, 1.82) is 0 Å². The van der Waals surface area contributed by atoms with E-state index in [-0.39, 0.29) is 5.56 Å². The number of Topliss-reactive ketones (excluding diaryl/α,β-unsaturated/α-hetero) is 1. The maximum atomic E-state index is 13.2. The van der Waals surface area contributed by atoms with Crippen LogP contribution in [0.5, 0.6) is 0 Å². The van der Waals surface area contributed by atoms with Crippen molar-refractivity contribution >= 4 is 5.78 Å². The molecule has 0 aliphatic heterocycles. The smallest absolute Gasteiger partial charge is 0.353 e. The fourth-order valence-electron chi connectivity index (χ4n) is 1.46. The number of halogens is 7. The second-order valence-corrected chi connectivity index (χ2v) is 4.08. The lowest BCUT2D eigenvalue weighted by atomic mass is 10.1. The molecule has 0 aromatic heterocycles. The Balaban J connectivity index is 2.65. The molecule has 0 unspecified atom stereocenters. The van der Waals surface area contributed by atoms with Crippen molar-refractivity contribution < 1.29 is 40.3 Å². The number of benzene rings is 1. The van der Waals surface area contributed by atoms with E-state index in [0.29, 0.717) is 0 Å². The van der Waals surface area contributed by atoms with Gasteiger partial charge in [0.1, 0.15) is 12.4 Å². The molecular weight excluding hydrogens is 309 g/mol. The maximum absolute atomic E-state index is 13.2. The van der Waals surface area contributed by atoms with Crippen LogP contribution in [0, 0.1) is 5.82 Å². The van der Waals surface area contributed by atoms with Crippen LogP contribution in [0.4, 0.5) is 30.7 Å². The Hall–Kier alpha value is -1.64. The Kier molecular flexibility index (Phi) is 5.32. The molecule has 0 aliphatic rings. The summed E-state index contributed by atoms with van der Waals surface area (Å²) in [5.41, 5.74) is -0.137. The molecule has 21 heavy (non-hydrogen) atoms. The van der Waals surface area contributed by atoms with Crippen molar-refractivity contribution in [2.24, 2.45) is 0 Å². The van der Waals surface area contributed by atoms with Crippen LogP contribution in [-0.2, 0) is 16.0 Å². The summed E-state index contributed by atoms with van der Waals surface area (Å²) < 4.78 is 89.6. The van der Waals surface area contributed by atoms with E-state index in [0.717, 1.165) is 6.07 Å². The molecule has 0 heterocycles. The molecule has 0 spiro atoms. The second kappa shape index (κ2) is 6.42. The number of ether oxygens (including phenoxy) is 1. The van der Waals surface area contributed by atoms with Gasteiger partial charge in [-0.1, -0.05) is 18.2 Å². The number of carbonyl (C=O) groups is 1. The summed E-state index contributed by atoms with van der Waals surface area (Å²) in [5, 5.41) is 0. The normalized spacial score (nSPS) is 12.8. The standard InChI is InChI=1S/C12H9F7O2/c13-9-4-2-1-3-7(9)5-8(20)6-21-10(11(14,15)16)12(17,18)19/h1-4,10H,5-6H2. The van der Waals surface area contributed by atoms with Crippen LogP contribution in [-0.4, -0.2) is 30.8 Å². The van der Waals surface area contributed by atoms with Gasteiger partial charge in [-0.3, -0.25) is 4.79 Å². The zero-order valence-corrected chi connectivity index (χ0v) is 10.3. The van der Waals surface area contributed by atoms with Crippen molar-refractivity contribution in [3.63, 3.8) is 0 Å². The lowest BCUT2D eigenvalue weighted by Crippen LogP contribution is -2.45. The molecule has 0 bridgehead atoms. The Bertz CT molecular complexity index is 479. The summed E-state index contributed by atoms with van der Waals surface area (Å²) in [6.45, 7) is -1.42. The van der Waals surface area contributed by atoms with Crippen LogP contribution in [0.3, 0.4) is 0 Å². The summed E-state index contributed by atoms with van der Waals surface area (Å²) >= 11 is 0. The van der Waals surface area contributed by atoms with Crippen molar-refractivity contribution in [3.05, 3.63) is 35.6 Å². The molecule has 118 valence electrons. The van der Waals surface area contributed by atoms with Gasteiger partial charge in [-0.05, 0) is 11.6 Å². The third-order valence-electron chi connectivity index (χ3n) is 2.35. The first kappa shape index (κ1) is 17.4. The fraction of sp³-hybridized carbons (Fsp3) is 0.417. The number of rotatable bonds is 5. The molecule has 0 N–H and O–H groups in total. The monoisotopic (exact) mass is 318 g/mol. The molecule has 0 atom stereocenters. The summed E-state index contributed by atoms with van der Waals surface area (Å²) in [4.78, 5) is 11.3. The van der Waals surface area contributed by atoms with Gasteiger partial charge in [0.2, 0.25) is 6.10 Å². The minimum absolute atomic E-state index is 0.137. The van der Waals surface area contributed by atoms with E-state index >= 15 is 0 Å². The molecule has 0 amide bonds.